The van der Waals surface area contributed by atoms with E-state index in [9.17, 15) is 14.7 Å². The quantitative estimate of drug-likeness (QED) is 0.650. The van der Waals surface area contributed by atoms with E-state index in [1.807, 2.05) is 0 Å². The molecule has 0 unspecified atom stereocenters. The fourth-order valence-corrected chi connectivity index (χ4v) is 4.30. The normalized spacial score (nSPS) is 19.2. The number of halogens is 1. The van der Waals surface area contributed by atoms with E-state index >= 15 is 0 Å². The van der Waals surface area contributed by atoms with Crippen LogP contribution < -0.4 is 18.9 Å². The zero-order valence-electron chi connectivity index (χ0n) is 17.1. The second kappa shape index (κ2) is 8.55. The van der Waals surface area contributed by atoms with E-state index in [0.29, 0.717) is 53.0 Å². The first-order chi connectivity index (χ1) is 15.0. The lowest BCUT2D eigenvalue weighted by atomic mass is 9.79. The van der Waals surface area contributed by atoms with E-state index in [1.165, 1.54) is 20.3 Å². The number of nitrogens with zero attached hydrogens (tertiary/aromatic N) is 1. The van der Waals surface area contributed by atoms with Gasteiger partial charge in [0.1, 0.15) is 5.92 Å². The van der Waals surface area contributed by atoms with Gasteiger partial charge in [-0.3, -0.25) is 9.59 Å². The highest BCUT2D eigenvalue weighted by atomic mass is 35.5. The van der Waals surface area contributed by atoms with Gasteiger partial charge in [0, 0.05) is 18.0 Å². The number of benzene rings is 2. The van der Waals surface area contributed by atoms with E-state index in [-0.39, 0.29) is 18.3 Å². The minimum atomic E-state index is -1.06. The molecule has 1 N–H and O–H groups in total. The highest BCUT2D eigenvalue weighted by Crippen LogP contribution is 2.47. The van der Waals surface area contributed by atoms with Gasteiger partial charge in [0.15, 0.2) is 23.0 Å². The second-order valence-corrected chi connectivity index (χ2v) is 7.59. The summed E-state index contributed by atoms with van der Waals surface area (Å²) < 4.78 is 21.5. The van der Waals surface area contributed by atoms with Crippen molar-refractivity contribution >= 4 is 23.5 Å². The molecule has 0 saturated heterocycles. The predicted octanol–water partition coefficient (Wildman–Crippen LogP) is 3.43. The molecule has 2 aliphatic heterocycles. The molecule has 31 heavy (non-hydrogen) atoms. The number of methoxy groups -OCH3 is 2. The molecular weight excluding hydrogens is 426 g/mol. The van der Waals surface area contributed by atoms with Gasteiger partial charge in [0.25, 0.3) is 5.91 Å². The van der Waals surface area contributed by atoms with Crippen LogP contribution in [0.2, 0.25) is 0 Å². The molecule has 0 spiro atoms. The zero-order chi connectivity index (χ0) is 22.1. The van der Waals surface area contributed by atoms with Crippen LogP contribution in [0.5, 0.6) is 23.0 Å². The number of aliphatic carboxylic acids is 1. The molecule has 0 bridgehead atoms. The molecule has 2 aromatic rings. The van der Waals surface area contributed by atoms with Crippen molar-refractivity contribution < 1.29 is 33.6 Å². The van der Waals surface area contributed by atoms with Crippen LogP contribution in [0.3, 0.4) is 0 Å². The molecule has 2 heterocycles. The molecule has 164 valence electrons. The summed E-state index contributed by atoms with van der Waals surface area (Å²) in [5.74, 6) is -0.212. The van der Waals surface area contributed by atoms with E-state index in [2.05, 4.69) is 0 Å². The average molecular weight is 448 g/mol. The summed E-state index contributed by atoms with van der Waals surface area (Å²) in [5, 5.41) is 10.2. The van der Waals surface area contributed by atoms with Crippen molar-refractivity contribution in [2.45, 2.75) is 18.4 Å². The first kappa shape index (κ1) is 21.1. The smallest absolute Gasteiger partial charge is 0.313 e. The molecule has 2 atom stereocenters. The number of carbonyl (C=O) groups excluding carboxylic acids is 1. The highest BCUT2D eigenvalue weighted by molar-refractivity contribution is 6.17. The number of amides is 1. The monoisotopic (exact) mass is 447 g/mol. The Bertz CT molecular complexity index is 1030. The van der Waals surface area contributed by atoms with Gasteiger partial charge >= 0.3 is 5.97 Å². The fourth-order valence-electron chi connectivity index (χ4n) is 4.18. The molecule has 4 rings (SSSR count). The number of hydrogen-bond acceptors (Lipinski definition) is 6. The van der Waals surface area contributed by atoms with Crippen molar-refractivity contribution in [1.29, 1.82) is 0 Å². The van der Waals surface area contributed by atoms with Gasteiger partial charge < -0.3 is 29.0 Å². The SMILES string of the molecule is COc1cc2c(cc1OC)[C@@H](C(=O)O)[C@@H](c1ccc3c(c1)OCO3)N(CCCCl)C2=O. The number of ether oxygens (including phenoxy) is 4. The molecule has 1 amide bonds. The Balaban J connectivity index is 1.91. The standard InChI is InChI=1S/C22H22ClNO7/c1-28-16-9-13-14(10-17(16)29-2)21(25)24(7-3-6-23)20(19(13)22(26)27)12-4-5-15-18(8-12)31-11-30-15/h4-5,8-10,19-20H,3,6-7,11H2,1-2H3,(H,26,27)/t19-,20-/m1/s1. The Labute approximate surface area is 184 Å². The maximum absolute atomic E-state index is 13.5. The van der Waals surface area contributed by atoms with Crippen LogP contribution in [0, 0.1) is 0 Å². The molecule has 0 aromatic heterocycles. The minimum absolute atomic E-state index is 0.0978. The van der Waals surface area contributed by atoms with Gasteiger partial charge in [-0.05, 0) is 41.8 Å². The number of carboxylic acids is 1. The van der Waals surface area contributed by atoms with Gasteiger partial charge in [-0.25, -0.2) is 0 Å². The zero-order valence-corrected chi connectivity index (χ0v) is 17.8. The molecule has 8 nitrogen and oxygen atoms in total. The molecule has 9 heteroatoms. The van der Waals surface area contributed by atoms with Crippen LogP contribution >= 0.6 is 11.6 Å². The minimum Gasteiger partial charge on any atom is -0.493 e. The number of hydrogen-bond donors (Lipinski definition) is 1. The third kappa shape index (κ3) is 3.61. The molecular formula is C22H22ClNO7. The van der Waals surface area contributed by atoms with Crippen molar-refractivity contribution in [2.24, 2.45) is 0 Å². The second-order valence-electron chi connectivity index (χ2n) is 7.21. The van der Waals surface area contributed by atoms with E-state index in [1.54, 1.807) is 29.2 Å². The van der Waals surface area contributed by atoms with Gasteiger partial charge in [-0.15, -0.1) is 11.6 Å². The van der Waals surface area contributed by atoms with Crippen molar-refractivity contribution in [2.75, 3.05) is 33.4 Å². The molecule has 0 radical (unpaired) electrons. The third-order valence-electron chi connectivity index (χ3n) is 5.57. The summed E-state index contributed by atoms with van der Waals surface area (Å²) in [6.07, 6.45) is 0.517. The summed E-state index contributed by atoms with van der Waals surface area (Å²) in [5.41, 5.74) is 1.29. The summed E-state index contributed by atoms with van der Waals surface area (Å²) in [7, 11) is 2.93. The Hall–Kier alpha value is -3.13. The van der Waals surface area contributed by atoms with E-state index < -0.39 is 17.9 Å². The van der Waals surface area contributed by atoms with Crippen LogP contribution in [-0.2, 0) is 4.79 Å². The lowest BCUT2D eigenvalue weighted by molar-refractivity contribution is -0.140. The van der Waals surface area contributed by atoms with Gasteiger partial charge in [-0.2, -0.15) is 0 Å². The predicted molar refractivity (Wildman–Crippen MR) is 112 cm³/mol. The lowest BCUT2D eigenvalue weighted by Gasteiger charge is -2.41. The van der Waals surface area contributed by atoms with E-state index in [4.69, 9.17) is 30.5 Å². The number of rotatable bonds is 7. The van der Waals surface area contributed by atoms with Crippen molar-refractivity contribution in [3.8, 4) is 23.0 Å². The molecule has 0 aliphatic carbocycles. The number of carboxylic acid groups (broad SMARTS) is 1. The Morgan fingerprint density at radius 3 is 2.55 bits per heavy atom. The average Bonchev–Trinajstić information content (AvgIpc) is 3.25. The van der Waals surface area contributed by atoms with Gasteiger partial charge in [-0.1, -0.05) is 6.07 Å². The summed E-state index contributed by atoms with van der Waals surface area (Å²) in [6, 6.07) is 7.58. The largest absolute Gasteiger partial charge is 0.493 e. The van der Waals surface area contributed by atoms with Gasteiger partial charge in [0.2, 0.25) is 6.79 Å². The Kier molecular flexibility index (Phi) is 5.82. The number of fused-ring (bicyclic) bond motifs is 2. The first-order valence-electron chi connectivity index (χ1n) is 9.75. The van der Waals surface area contributed by atoms with Crippen LogP contribution in [0.4, 0.5) is 0 Å². The summed E-state index contributed by atoms with van der Waals surface area (Å²) in [6.45, 7) is 0.402. The lowest BCUT2D eigenvalue weighted by Crippen LogP contribution is -2.45. The maximum Gasteiger partial charge on any atom is 0.313 e. The highest BCUT2D eigenvalue weighted by Gasteiger charge is 2.45. The van der Waals surface area contributed by atoms with Crippen molar-refractivity contribution in [1.82, 2.24) is 4.90 Å². The van der Waals surface area contributed by atoms with Crippen LogP contribution in [0.1, 0.15) is 39.9 Å². The Morgan fingerprint density at radius 2 is 1.87 bits per heavy atom. The molecule has 0 saturated carbocycles. The topological polar surface area (TPSA) is 94.5 Å². The number of alkyl halides is 1. The van der Waals surface area contributed by atoms with Crippen molar-refractivity contribution in [3.05, 3.63) is 47.0 Å². The van der Waals surface area contributed by atoms with Crippen LogP contribution in [-0.4, -0.2) is 55.3 Å². The summed E-state index contributed by atoms with van der Waals surface area (Å²) in [4.78, 5) is 27.6. The van der Waals surface area contributed by atoms with Crippen LogP contribution in [0.15, 0.2) is 30.3 Å². The maximum atomic E-state index is 13.5. The number of carbonyl (C=O) groups is 2. The Morgan fingerprint density at radius 1 is 1.16 bits per heavy atom. The summed E-state index contributed by atoms with van der Waals surface area (Å²) >= 11 is 5.90. The fraction of sp³-hybridized carbons (Fsp3) is 0.364. The van der Waals surface area contributed by atoms with Gasteiger partial charge in [0.05, 0.1) is 20.3 Å². The molecule has 2 aromatic carbocycles. The van der Waals surface area contributed by atoms with Crippen LogP contribution in [0.25, 0.3) is 0 Å². The third-order valence-corrected chi connectivity index (χ3v) is 5.84. The van der Waals surface area contributed by atoms with E-state index in [0.717, 1.165) is 0 Å². The molecule has 0 fully saturated rings. The first-order valence-corrected chi connectivity index (χ1v) is 10.3. The van der Waals surface area contributed by atoms with Crippen molar-refractivity contribution in [3.63, 3.8) is 0 Å². The molecule has 2 aliphatic rings.